The fourth-order valence-electron chi connectivity index (χ4n) is 2.00. The molecule has 1 aromatic heterocycles. The molecule has 1 aliphatic carbocycles. The minimum Gasteiger partial charge on any atom is -0.492 e. The average molecular weight is 308 g/mol. The van der Waals surface area contributed by atoms with Gasteiger partial charge < -0.3 is 9.26 Å². The lowest BCUT2D eigenvalue weighted by atomic mass is 10.3. The molecule has 0 unspecified atom stereocenters. The van der Waals surface area contributed by atoms with Crippen LogP contribution < -0.4 is 4.74 Å². The summed E-state index contributed by atoms with van der Waals surface area (Å²) in [7, 11) is 2.01. The lowest BCUT2D eigenvalue weighted by molar-refractivity contribution is 0.212. The first kappa shape index (κ1) is 14.4. The van der Waals surface area contributed by atoms with Gasteiger partial charge in [0.15, 0.2) is 5.82 Å². The number of halogens is 1. The number of nitrogens with zero attached hydrogens (tertiary/aromatic N) is 3. The number of hydrogen-bond acceptors (Lipinski definition) is 5. The van der Waals surface area contributed by atoms with Gasteiger partial charge >= 0.3 is 0 Å². The maximum atomic E-state index is 5.83. The predicted molar refractivity (Wildman–Crippen MR) is 79.6 cm³/mol. The van der Waals surface area contributed by atoms with Crippen LogP contribution in [-0.4, -0.2) is 35.2 Å². The predicted octanol–water partition coefficient (Wildman–Crippen LogP) is 3.11. The van der Waals surface area contributed by atoms with E-state index in [9.17, 15) is 0 Å². The Morgan fingerprint density at radius 1 is 1.33 bits per heavy atom. The van der Waals surface area contributed by atoms with Gasteiger partial charge in [0.1, 0.15) is 12.4 Å². The summed E-state index contributed by atoms with van der Waals surface area (Å²) >= 11 is 5.83. The summed E-state index contributed by atoms with van der Waals surface area (Å²) in [6.45, 7) is 2.02. The third kappa shape index (κ3) is 4.19. The zero-order chi connectivity index (χ0) is 14.7. The van der Waals surface area contributed by atoms with E-state index in [-0.39, 0.29) is 0 Å². The van der Waals surface area contributed by atoms with Crippen LogP contribution in [0, 0.1) is 0 Å². The Labute approximate surface area is 128 Å². The Morgan fingerprint density at radius 3 is 2.81 bits per heavy atom. The Kier molecular flexibility index (Phi) is 4.41. The molecule has 1 saturated carbocycles. The van der Waals surface area contributed by atoms with Crippen molar-refractivity contribution in [3.63, 3.8) is 0 Å². The summed E-state index contributed by atoms with van der Waals surface area (Å²) in [5.74, 6) is 2.88. The van der Waals surface area contributed by atoms with Gasteiger partial charge in [-0.15, -0.1) is 0 Å². The van der Waals surface area contributed by atoms with Gasteiger partial charge in [-0.1, -0.05) is 16.8 Å². The van der Waals surface area contributed by atoms with E-state index in [1.54, 1.807) is 0 Å². The van der Waals surface area contributed by atoms with E-state index in [4.69, 9.17) is 20.9 Å². The van der Waals surface area contributed by atoms with Crippen molar-refractivity contribution < 1.29 is 9.26 Å². The van der Waals surface area contributed by atoms with Gasteiger partial charge in [0, 0.05) is 17.5 Å². The highest BCUT2D eigenvalue weighted by Crippen LogP contribution is 2.38. The summed E-state index contributed by atoms with van der Waals surface area (Å²) in [4.78, 5) is 6.51. The smallest absolute Gasteiger partial charge is 0.240 e. The second kappa shape index (κ2) is 6.45. The van der Waals surface area contributed by atoms with Crippen LogP contribution in [-0.2, 0) is 6.54 Å². The van der Waals surface area contributed by atoms with Gasteiger partial charge in [0.2, 0.25) is 5.89 Å². The molecule has 0 radical (unpaired) electrons. The molecule has 0 aliphatic heterocycles. The summed E-state index contributed by atoms with van der Waals surface area (Å²) in [5, 5.41) is 4.72. The van der Waals surface area contributed by atoms with Gasteiger partial charge in [0.25, 0.3) is 0 Å². The van der Waals surface area contributed by atoms with Crippen LogP contribution in [0.3, 0.4) is 0 Å². The van der Waals surface area contributed by atoms with Crippen molar-refractivity contribution >= 4 is 11.6 Å². The van der Waals surface area contributed by atoms with Gasteiger partial charge in [-0.05, 0) is 44.2 Å². The molecule has 5 nitrogen and oxygen atoms in total. The molecule has 6 heteroatoms. The normalized spacial score (nSPS) is 14.6. The molecule has 21 heavy (non-hydrogen) atoms. The summed E-state index contributed by atoms with van der Waals surface area (Å²) in [6.07, 6.45) is 2.37. The van der Waals surface area contributed by atoms with Gasteiger partial charge in [-0.25, -0.2) is 0 Å². The van der Waals surface area contributed by atoms with Gasteiger partial charge in [0.05, 0.1) is 6.54 Å². The average Bonchev–Trinajstić information content (AvgIpc) is 3.22. The Hall–Kier alpha value is -1.59. The van der Waals surface area contributed by atoms with Crippen LogP contribution in [0.15, 0.2) is 28.8 Å². The topological polar surface area (TPSA) is 51.4 Å². The standard InChI is InChI=1S/C15H18ClN3O2/c1-19(8-9-20-13-6-4-12(16)5-7-13)10-14-17-15(18-21-14)11-2-3-11/h4-7,11H,2-3,8-10H2,1H3. The third-order valence-corrected chi connectivity index (χ3v) is 3.64. The van der Waals surface area contributed by atoms with E-state index < -0.39 is 0 Å². The second-order valence-corrected chi connectivity index (χ2v) is 5.80. The minimum absolute atomic E-state index is 0.529. The van der Waals surface area contributed by atoms with Crippen LogP contribution in [0.5, 0.6) is 5.75 Å². The van der Waals surface area contributed by atoms with Crippen molar-refractivity contribution in [3.8, 4) is 5.75 Å². The lowest BCUT2D eigenvalue weighted by Crippen LogP contribution is -2.24. The summed E-state index contributed by atoms with van der Waals surface area (Å²) < 4.78 is 10.9. The zero-order valence-corrected chi connectivity index (χ0v) is 12.7. The molecular formula is C15H18ClN3O2. The molecule has 0 bridgehead atoms. The van der Waals surface area contributed by atoms with E-state index in [1.807, 2.05) is 31.3 Å². The molecule has 0 N–H and O–H groups in total. The number of likely N-dealkylation sites (N-methyl/N-ethyl adjacent to an activating group) is 1. The molecule has 0 amide bonds. The first-order valence-electron chi connectivity index (χ1n) is 7.10. The monoisotopic (exact) mass is 307 g/mol. The number of rotatable bonds is 7. The quantitative estimate of drug-likeness (QED) is 0.786. The van der Waals surface area contributed by atoms with Crippen LogP contribution in [0.1, 0.15) is 30.5 Å². The fourth-order valence-corrected chi connectivity index (χ4v) is 2.13. The maximum Gasteiger partial charge on any atom is 0.240 e. The molecule has 0 atom stereocenters. The molecule has 0 spiro atoms. The highest BCUT2D eigenvalue weighted by atomic mass is 35.5. The highest BCUT2D eigenvalue weighted by molar-refractivity contribution is 6.30. The molecular weight excluding hydrogens is 290 g/mol. The largest absolute Gasteiger partial charge is 0.492 e. The molecule has 112 valence electrons. The fraction of sp³-hybridized carbons (Fsp3) is 0.467. The second-order valence-electron chi connectivity index (χ2n) is 5.36. The van der Waals surface area contributed by atoms with Gasteiger partial charge in [-0.3, -0.25) is 4.90 Å². The van der Waals surface area contributed by atoms with Gasteiger partial charge in [-0.2, -0.15) is 4.98 Å². The maximum absolute atomic E-state index is 5.83. The van der Waals surface area contributed by atoms with E-state index in [2.05, 4.69) is 15.0 Å². The molecule has 3 rings (SSSR count). The SMILES string of the molecule is CN(CCOc1ccc(Cl)cc1)Cc1nc(C2CC2)no1. The van der Waals surface area contributed by atoms with E-state index in [0.717, 1.165) is 18.1 Å². The Balaban J connectivity index is 1.41. The molecule has 1 heterocycles. The number of ether oxygens (including phenoxy) is 1. The number of benzene rings is 1. The minimum atomic E-state index is 0.529. The van der Waals surface area contributed by atoms with Crippen molar-refractivity contribution in [3.05, 3.63) is 41.0 Å². The number of aromatic nitrogens is 2. The first-order valence-corrected chi connectivity index (χ1v) is 7.48. The van der Waals surface area contributed by atoms with E-state index in [1.165, 1.54) is 12.8 Å². The van der Waals surface area contributed by atoms with Crippen LogP contribution in [0.2, 0.25) is 5.02 Å². The van der Waals surface area contributed by atoms with E-state index in [0.29, 0.717) is 30.0 Å². The Morgan fingerprint density at radius 2 is 2.10 bits per heavy atom. The van der Waals surface area contributed by atoms with Crippen molar-refractivity contribution in [2.24, 2.45) is 0 Å². The molecule has 0 saturated heterocycles. The van der Waals surface area contributed by atoms with Crippen LogP contribution in [0.4, 0.5) is 0 Å². The summed E-state index contributed by atoms with van der Waals surface area (Å²) in [5.41, 5.74) is 0. The summed E-state index contributed by atoms with van der Waals surface area (Å²) in [6, 6.07) is 7.36. The van der Waals surface area contributed by atoms with Crippen molar-refractivity contribution in [2.75, 3.05) is 20.2 Å². The number of hydrogen-bond donors (Lipinski definition) is 0. The zero-order valence-electron chi connectivity index (χ0n) is 12.0. The molecule has 1 aromatic carbocycles. The van der Waals surface area contributed by atoms with Crippen molar-refractivity contribution in [1.82, 2.24) is 15.0 Å². The lowest BCUT2D eigenvalue weighted by Gasteiger charge is -2.14. The van der Waals surface area contributed by atoms with Crippen molar-refractivity contribution in [2.45, 2.75) is 25.3 Å². The van der Waals surface area contributed by atoms with Crippen LogP contribution in [0.25, 0.3) is 0 Å². The third-order valence-electron chi connectivity index (χ3n) is 3.39. The first-order chi connectivity index (χ1) is 10.2. The van der Waals surface area contributed by atoms with Crippen molar-refractivity contribution in [1.29, 1.82) is 0 Å². The van der Waals surface area contributed by atoms with E-state index >= 15 is 0 Å². The molecule has 1 aliphatic rings. The Bertz CT molecular complexity index is 581. The molecule has 1 fully saturated rings. The van der Waals surface area contributed by atoms with Crippen LogP contribution >= 0.6 is 11.6 Å². The molecule has 2 aromatic rings. The highest BCUT2D eigenvalue weighted by Gasteiger charge is 2.28.